The minimum absolute atomic E-state index is 0.860. The molecule has 0 spiro atoms. The van der Waals surface area contributed by atoms with Crippen molar-refractivity contribution < 1.29 is 0 Å². The fourth-order valence-electron chi connectivity index (χ4n) is 1.22. The minimum atomic E-state index is 0.860. The first-order chi connectivity index (χ1) is 7.40. The van der Waals surface area contributed by atoms with Crippen LogP contribution in [0.3, 0.4) is 0 Å². The van der Waals surface area contributed by atoms with Gasteiger partial charge in [0, 0.05) is 13.1 Å². The molecule has 15 heavy (non-hydrogen) atoms. The Kier molecular flexibility index (Phi) is 4.41. The van der Waals surface area contributed by atoms with Crippen molar-refractivity contribution >= 4 is 5.82 Å². The highest BCUT2D eigenvalue weighted by atomic mass is 15.2. The van der Waals surface area contributed by atoms with Gasteiger partial charge >= 0.3 is 0 Å². The van der Waals surface area contributed by atoms with Crippen LogP contribution in [0.25, 0.3) is 11.3 Å². The zero-order valence-electron chi connectivity index (χ0n) is 9.41. The highest BCUT2D eigenvalue weighted by molar-refractivity contribution is 5.62. The molecule has 1 aromatic heterocycles. The Labute approximate surface area is 90.5 Å². The van der Waals surface area contributed by atoms with E-state index in [4.69, 9.17) is 0 Å². The molecule has 1 aromatic carbocycles. The lowest BCUT2D eigenvalue weighted by Crippen LogP contribution is -1.85. The van der Waals surface area contributed by atoms with E-state index in [0.29, 0.717) is 0 Å². The Morgan fingerprint density at radius 2 is 1.80 bits per heavy atom. The van der Waals surface area contributed by atoms with Gasteiger partial charge in [-0.1, -0.05) is 44.2 Å². The lowest BCUT2D eigenvalue weighted by molar-refractivity contribution is 1.09. The summed E-state index contributed by atoms with van der Waals surface area (Å²) in [6, 6.07) is 12.1. The van der Waals surface area contributed by atoms with Crippen molar-refractivity contribution in [1.29, 1.82) is 0 Å². The molecule has 0 atom stereocenters. The fraction of sp³-hybridized carbons (Fsp3) is 0.250. The summed E-state index contributed by atoms with van der Waals surface area (Å²) in [5, 5.41) is 10.0. The number of H-pyrrole nitrogens is 1. The number of hydrogen-bond donors (Lipinski definition) is 2. The third-order valence-corrected chi connectivity index (χ3v) is 1.92. The van der Waals surface area contributed by atoms with Crippen LogP contribution in [-0.4, -0.2) is 17.2 Å². The summed E-state index contributed by atoms with van der Waals surface area (Å²) in [6.07, 6.45) is 0. The smallest absolute Gasteiger partial charge is 0.148 e. The Bertz CT molecular complexity index is 379. The van der Waals surface area contributed by atoms with Crippen molar-refractivity contribution in [1.82, 2.24) is 10.2 Å². The van der Waals surface area contributed by atoms with E-state index in [2.05, 4.69) is 15.5 Å². The Morgan fingerprint density at radius 1 is 1.13 bits per heavy atom. The third-order valence-electron chi connectivity index (χ3n) is 1.92. The van der Waals surface area contributed by atoms with Crippen molar-refractivity contribution in [3.05, 3.63) is 36.4 Å². The van der Waals surface area contributed by atoms with Crippen molar-refractivity contribution in [2.75, 3.05) is 12.4 Å². The monoisotopic (exact) mass is 203 g/mol. The van der Waals surface area contributed by atoms with Gasteiger partial charge in [-0.3, -0.25) is 5.10 Å². The molecule has 0 amide bonds. The van der Waals surface area contributed by atoms with E-state index >= 15 is 0 Å². The molecule has 2 rings (SSSR count). The van der Waals surface area contributed by atoms with Gasteiger partial charge in [-0.2, -0.15) is 5.10 Å². The molecule has 0 fully saturated rings. The van der Waals surface area contributed by atoms with Gasteiger partial charge in [0.2, 0.25) is 0 Å². The van der Waals surface area contributed by atoms with E-state index in [1.807, 2.05) is 57.3 Å². The molecule has 3 heteroatoms. The van der Waals surface area contributed by atoms with Crippen LogP contribution in [0.2, 0.25) is 0 Å². The van der Waals surface area contributed by atoms with Gasteiger partial charge in [0.15, 0.2) is 0 Å². The van der Waals surface area contributed by atoms with Crippen LogP contribution >= 0.6 is 0 Å². The summed E-state index contributed by atoms with van der Waals surface area (Å²) in [4.78, 5) is 0. The molecule has 0 aliphatic heterocycles. The molecule has 0 saturated heterocycles. The number of anilines is 1. The summed E-state index contributed by atoms with van der Waals surface area (Å²) in [5.41, 5.74) is 2.18. The molecule has 0 unspecified atom stereocenters. The number of rotatable bonds is 2. The first kappa shape index (κ1) is 11.3. The molecule has 2 aromatic rings. The predicted molar refractivity (Wildman–Crippen MR) is 64.9 cm³/mol. The summed E-state index contributed by atoms with van der Waals surface area (Å²) >= 11 is 0. The maximum atomic E-state index is 4.07. The van der Waals surface area contributed by atoms with E-state index in [-0.39, 0.29) is 0 Å². The Hall–Kier alpha value is -1.77. The van der Waals surface area contributed by atoms with Crippen LogP contribution in [0.15, 0.2) is 36.4 Å². The zero-order valence-corrected chi connectivity index (χ0v) is 9.41. The van der Waals surface area contributed by atoms with E-state index in [1.54, 1.807) is 0 Å². The number of hydrogen-bond acceptors (Lipinski definition) is 2. The quantitative estimate of drug-likeness (QED) is 0.787. The molecule has 0 aliphatic rings. The number of nitrogens with one attached hydrogen (secondary N) is 2. The van der Waals surface area contributed by atoms with Crippen LogP contribution in [0.5, 0.6) is 0 Å². The fourth-order valence-corrected chi connectivity index (χ4v) is 1.22. The largest absolute Gasteiger partial charge is 0.372 e. The summed E-state index contributed by atoms with van der Waals surface area (Å²) < 4.78 is 0. The number of aromatic nitrogens is 2. The second kappa shape index (κ2) is 5.86. The van der Waals surface area contributed by atoms with Gasteiger partial charge < -0.3 is 5.32 Å². The molecule has 2 N–H and O–H groups in total. The molecule has 0 aliphatic carbocycles. The maximum Gasteiger partial charge on any atom is 0.148 e. The average Bonchev–Trinajstić information content (AvgIpc) is 2.81. The maximum absolute atomic E-state index is 4.07. The normalized spacial score (nSPS) is 9.00. The summed E-state index contributed by atoms with van der Waals surface area (Å²) in [5.74, 6) is 0.860. The Morgan fingerprint density at radius 3 is 2.33 bits per heavy atom. The predicted octanol–water partition coefficient (Wildman–Crippen LogP) is 3.14. The second-order valence-electron chi connectivity index (χ2n) is 2.78. The Balaban J connectivity index is 0.000000531. The molecule has 1 heterocycles. The molecule has 80 valence electrons. The highest BCUT2D eigenvalue weighted by Crippen LogP contribution is 2.18. The van der Waals surface area contributed by atoms with Crippen LogP contribution in [0.4, 0.5) is 5.82 Å². The van der Waals surface area contributed by atoms with Gasteiger partial charge in [-0.05, 0) is 5.56 Å². The van der Waals surface area contributed by atoms with E-state index in [0.717, 1.165) is 17.1 Å². The lowest BCUT2D eigenvalue weighted by Gasteiger charge is -1.93. The van der Waals surface area contributed by atoms with Crippen LogP contribution in [0.1, 0.15) is 13.8 Å². The number of nitrogens with zero attached hydrogens (tertiary/aromatic N) is 1. The van der Waals surface area contributed by atoms with E-state index in [1.165, 1.54) is 0 Å². The minimum Gasteiger partial charge on any atom is -0.372 e. The summed E-state index contributed by atoms with van der Waals surface area (Å²) in [6.45, 7) is 4.00. The first-order valence-electron chi connectivity index (χ1n) is 5.19. The van der Waals surface area contributed by atoms with Crippen molar-refractivity contribution in [2.24, 2.45) is 0 Å². The molecule has 0 saturated carbocycles. The van der Waals surface area contributed by atoms with Crippen LogP contribution in [0, 0.1) is 0 Å². The van der Waals surface area contributed by atoms with Crippen molar-refractivity contribution in [2.45, 2.75) is 13.8 Å². The number of aromatic amines is 1. The average molecular weight is 203 g/mol. The molecular weight excluding hydrogens is 186 g/mol. The standard InChI is InChI=1S/C10H11N3.C2H6/c1-11-10-7-9(12-13-10)8-5-3-2-4-6-8;1-2/h2-7H,1H3,(H2,11,12,13);1-2H3. The highest BCUT2D eigenvalue weighted by Gasteiger charge is 1.99. The molecular formula is C12H17N3. The summed E-state index contributed by atoms with van der Waals surface area (Å²) in [7, 11) is 1.85. The SMILES string of the molecule is CC.CNc1cc(-c2ccccc2)[nH]n1. The van der Waals surface area contributed by atoms with Gasteiger partial charge in [0.1, 0.15) is 5.82 Å². The topological polar surface area (TPSA) is 40.7 Å². The molecule has 3 nitrogen and oxygen atoms in total. The molecule has 0 radical (unpaired) electrons. The van der Waals surface area contributed by atoms with Crippen molar-refractivity contribution in [3.8, 4) is 11.3 Å². The van der Waals surface area contributed by atoms with E-state index in [9.17, 15) is 0 Å². The van der Waals surface area contributed by atoms with Gasteiger partial charge in [-0.25, -0.2) is 0 Å². The molecule has 0 bridgehead atoms. The van der Waals surface area contributed by atoms with E-state index < -0.39 is 0 Å². The lowest BCUT2D eigenvalue weighted by atomic mass is 10.2. The third kappa shape index (κ3) is 2.84. The van der Waals surface area contributed by atoms with Gasteiger partial charge in [0.05, 0.1) is 5.69 Å². The first-order valence-corrected chi connectivity index (χ1v) is 5.19. The second-order valence-corrected chi connectivity index (χ2v) is 2.78. The van der Waals surface area contributed by atoms with Crippen LogP contribution in [-0.2, 0) is 0 Å². The van der Waals surface area contributed by atoms with Crippen molar-refractivity contribution in [3.63, 3.8) is 0 Å². The van der Waals surface area contributed by atoms with Gasteiger partial charge in [0.25, 0.3) is 0 Å². The zero-order chi connectivity index (χ0) is 11.1. The number of benzene rings is 1. The van der Waals surface area contributed by atoms with Crippen LogP contribution < -0.4 is 5.32 Å². The van der Waals surface area contributed by atoms with Gasteiger partial charge in [-0.15, -0.1) is 0 Å².